The van der Waals surface area contributed by atoms with Crippen molar-refractivity contribution in [1.82, 2.24) is 10.3 Å². The molecule has 37 heavy (non-hydrogen) atoms. The topological polar surface area (TPSA) is 208 Å². The van der Waals surface area contributed by atoms with E-state index in [1.807, 2.05) is 30.3 Å². The summed E-state index contributed by atoms with van der Waals surface area (Å²) in [7, 11) is -5.73. The van der Waals surface area contributed by atoms with E-state index in [9.17, 15) is 21.6 Å². The Morgan fingerprint density at radius 3 is 2.14 bits per heavy atom. The number of benzene rings is 2. The fourth-order valence-corrected chi connectivity index (χ4v) is 2.55. The first-order chi connectivity index (χ1) is 17.2. The largest absolute Gasteiger partial charge is 0.489 e. The highest BCUT2D eigenvalue weighted by atomic mass is 32.2. The van der Waals surface area contributed by atoms with Crippen LogP contribution in [0.3, 0.4) is 0 Å². The first-order valence-corrected chi connectivity index (χ1v) is 13.9. The average Bonchev–Trinajstić information content (AvgIpc) is 2.77. The van der Waals surface area contributed by atoms with Crippen LogP contribution in [0.4, 0.5) is 5.69 Å². The number of amides is 1. The Bertz CT molecular complexity index is 1370. The Balaban J connectivity index is 0.000000583. The van der Waals surface area contributed by atoms with Crippen molar-refractivity contribution in [3.63, 3.8) is 0 Å². The maximum Gasteiger partial charge on any atom is 0.261 e. The summed E-state index contributed by atoms with van der Waals surface area (Å²) in [5.41, 5.74) is 7.55. The second-order valence-corrected chi connectivity index (χ2v) is 10.0. The van der Waals surface area contributed by atoms with Gasteiger partial charge in [-0.3, -0.25) is 24.2 Å². The van der Waals surface area contributed by atoms with Crippen molar-refractivity contribution >= 4 is 48.7 Å². The first-order valence-electron chi connectivity index (χ1n) is 10.2. The molecule has 15 heteroatoms. The minimum absolute atomic E-state index is 0.0173. The molecule has 3 rings (SSSR count). The monoisotopic (exact) mass is 556 g/mol. The molecule has 0 saturated carbocycles. The van der Waals surface area contributed by atoms with Crippen molar-refractivity contribution < 1.29 is 40.2 Å². The van der Waals surface area contributed by atoms with Crippen molar-refractivity contribution in [3.05, 3.63) is 66.4 Å². The third-order valence-electron chi connectivity index (χ3n) is 3.77. The van der Waals surface area contributed by atoms with E-state index < -0.39 is 20.2 Å². The molecule has 0 spiro atoms. The fourth-order valence-electron chi connectivity index (χ4n) is 2.55. The van der Waals surface area contributed by atoms with Crippen LogP contribution in [0.25, 0.3) is 10.9 Å². The fraction of sp³-hybridized carbons (Fsp3) is 0.227. The van der Waals surface area contributed by atoms with Crippen LogP contribution in [0.15, 0.2) is 65.8 Å². The van der Waals surface area contributed by atoms with Crippen molar-refractivity contribution in [2.45, 2.75) is 0 Å². The number of aliphatic imine (C=N–C) groups is 1. The molecule has 5 N–H and O–H groups in total. The van der Waals surface area contributed by atoms with Gasteiger partial charge in [0.2, 0.25) is 5.96 Å². The summed E-state index contributed by atoms with van der Waals surface area (Å²) in [5, 5.41) is 3.27. The number of carbonyl (C=O) groups excluding carboxylic acids is 1. The molecule has 0 radical (unpaired) electrons. The van der Waals surface area contributed by atoms with E-state index in [0.29, 0.717) is 53.6 Å². The molecule has 1 aromatic heterocycles. The van der Waals surface area contributed by atoms with Crippen LogP contribution in [-0.2, 0) is 25.0 Å². The SMILES string of the molecule is COCCOc1cccc2c(C(=O)NC(N)=Nc3ccccc3)ccnc12.CS(=O)(=O)O.CS(=O)(=O)O. The molecule has 0 aliphatic carbocycles. The van der Waals surface area contributed by atoms with Crippen molar-refractivity contribution in [1.29, 1.82) is 0 Å². The average molecular weight is 557 g/mol. The number of hydrogen-bond donors (Lipinski definition) is 4. The number of ether oxygens (including phenoxy) is 2. The van der Waals surface area contributed by atoms with Gasteiger partial charge in [0.15, 0.2) is 0 Å². The number of nitrogens with two attached hydrogens (primary N) is 1. The van der Waals surface area contributed by atoms with Crippen LogP contribution in [0.2, 0.25) is 0 Å². The highest BCUT2D eigenvalue weighted by Gasteiger charge is 2.14. The van der Waals surface area contributed by atoms with Crippen LogP contribution in [0.5, 0.6) is 5.75 Å². The molecule has 0 aliphatic rings. The van der Waals surface area contributed by atoms with Gasteiger partial charge in [0.05, 0.1) is 30.4 Å². The lowest BCUT2D eigenvalue weighted by atomic mass is 10.1. The Labute approximate surface area is 214 Å². The minimum Gasteiger partial charge on any atom is -0.489 e. The molecule has 0 fully saturated rings. The zero-order valence-electron chi connectivity index (χ0n) is 20.2. The van der Waals surface area contributed by atoms with Crippen molar-refractivity contribution in [2.24, 2.45) is 10.7 Å². The summed E-state index contributed by atoms with van der Waals surface area (Å²) >= 11 is 0. The molecule has 1 heterocycles. The van der Waals surface area contributed by atoms with E-state index in [1.165, 1.54) is 0 Å². The summed E-state index contributed by atoms with van der Waals surface area (Å²) in [6, 6.07) is 16.2. The van der Waals surface area contributed by atoms with E-state index in [4.69, 9.17) is 24.3 Å². The van der Waals surface area contributed by atoms with Crippen LogP contribution >= 0.6 is 0 Å². The summed E-state index contributed by atoms with van der Waals surface area (Å²) < 4.78 is 62.4. The van der Waals surface area contributed by atoms with Gasteiger partial charge < -0.3 is 15.2 Å². The molecule has 13 nitrogen and oxygen atoms in total. The van der Waals surface area contributed by atoms with Gasteiger partial charge in [-0.1, -0.05) is 30.3 Å². The standard InChI is InChI=1S/C20H20N4O3.2CH4O3S/c1-26-12-13-27-17-9-5-8-15-16(10-11-22-18(15)17)19(25)24-20(21)23-14-6-3-2-4-7-14;2*1-5(2,3)4/h2-11H,12-13H2,1H3,(H3,21,23,24,25);2*1H3,(H,2,3,4). The number of methoxy groups -OCH3 is 1. The summed E-state index contributed by atoms with van der Waals surface area (Å²) in [4.78, 5) is 21.2. The Kier molecular flexibility index (Phi) is 12.6. The quantitative estimate of drug-likeness (QED) is 0.148. The maximum atomic E-state index is 12.7. The van der Waals surface area contributed by atoms with Gasteiger partial charge in [-0.05, 0) is 24.3 Å². The van der Waals surface area contributed by atoms with Gasteiger partial charge in [-0.15, -0.1) is 0 Å². The van der Waals surface area contributed by atoms with Gasteiger partial charge in [0.1, 0.15) is 17.9 Å². The van der Waals surface area contributed by atoms with E-state index in [0.717, 1.165) is 0 Å². The molecule has 202 valence electrons. The number of pyridine rings is 1. The minimum atomic E-state index is -3.67. The number of guanidine groups is 1. The molecule has 0 unspecified atom stereocenters. The molecular weight excluding hydrogens is 528 g/mol. The van der Waals surface area contributed by atoms with Crippen LogP contribution in [0, 0.1) is 0 Å². The van der Waals surface area contributed by atoms with E-state index >= 15 is 0 Å². The normalized spacial score (nSPS) is 11.4. The van der Waals surface area contributed by atoms with E-state index in [2.05, 4.69) is 15.3 Å². The van der Waals surface area contributed by atoms with Crippen LogP contribution < -0.4 is 15.8 Å². The van der Waals surface area contributed by atoms with E-state index in [1.54, 1.807) is 37.6 Å². The molecule has 0 atom stereocenters. The number of fused-ring (bicyclic) bond motifs is 1. The third kappa shape index (κ3) is 14.5. The second-order valence-electron chi connectivity index (χ2n) is 7.10. The predicted molar refractivity (Wildman–Crippen MR) is 139 cm³/mol. The Morgan fingerprint density at radius 1 is 0.973 bits per heavy atom. The zero-order chi connectivity index (χ0) is 28.1. The van der Waals surface area contributed by atoms with Crippen molar-refractivity contribution in [3.8, 4) is 5.75 Å². The predicted octanol–water partition coefficient (Wildman–Crippen LogP) is 1.64. The summed E-state index contributed by atoms with van der Waals surface area (Å²) in [6.45, 7) is 0.855. The Hall–Kier alpha value is -3.63. The lowest BCUT2D eigenvalue weighted by molar-refractivity contribution is 0.0978. The van der Waals surface area contributed by atoms with E-state index in [-0.39, 0.29) is 11.9 Å². The van der Waals surface area contributed by atoms with Crippen molar-refractivity contribution in [2.75, 3.05) is 32.8 Å². The number of para-hydroxylation sites is 2. The number of aromatic nitrogens is 1. The van der Waals surface area contributed by atoms with Crippen LogP contribution in [0.1, 0.15) is 10.4 Å². The molecular formula is C22H28N4O9S2. The molecule has 2 aromatic carbocycles. The van der Waals surface area contributed by atoms with Gasteiger partial charge >= 0.3 is 0 Å². The molecule has 3 aromatic rings. The molecule has 0 bridgehead atoms. The highest BCUT2D eigenvalue weighted by molar-refractivity contribution is 7.85. The maximum absolute atomic E-state index is 12.7. The Morgan fingerprint density at radius 2 is 1.57 bits per heavy atom. The van der Waals surface area contributed by atoms with Gasteiger partial charge in [0.25, 0.3) is 26.1 Å². The number of rotatable bonds is 6. The van der Waals surface area contributed by atoms with Gasteiger partial charge in [-0.25, -0.2) is 4.99 Å². The number of nitrogens with zero attached hydrogens (tertiary/aromatic N) is 2. The number of hydrogen-bond acceptors (Lipinski definition) is 9. The van der Waals surface area contributed by atoms with Gasteiger partial charge in [-0.2, -0.15) is 16.8 Å². The first kappa shape index (κ1) is 31.4. The lowest BCUT2D eigenvalue weighted by Gasteiger charge is -2.11. The lowest BCUT2D eigenvalue weighted by Crippen LogP contribution is -2.36. The smallest absolute Gasteiger partial charge is 0.261 e. The van der Waals surface area contributed by atoms with Gasteiger partial charge in [0, 0.05) is 18.7 Å². The summed E-state index contributed by atoms with van der Waals surface area (Å²) in [5.74, 6) is 0.238. The number of nitrogens with one attached hydrogen (secondary N) is 1. The summed E-state index contributed by atoms with van der Waals surface area (Å²) in [6.07, 6.45) is 2.99. The zero-order valence-corrected chi connectivity index (χ0v) is 21.9. The third-order valence-corrected chi connectivity index (χ3v) is 3.77. The van der Waals surface area contributed by atoms with Crippen LogP contribution in [-0.4, -0.2) is 75.6 Å². The molecule has 0 aliphatic heterocycles. The molecule has 1 amide bonds. The second kappa shape index (κ2) is 14.8. The number of carbonyl (C=O) groups is 1. The highest BCUT2D eigenvalue weighted by Crippen LogP contribution is 2.26. The molecule has 0 saturated heterocycles.